The van der Waals surface area contributed by atoms with Crippen molar-refractivity contribution in [1.82, 2.24) is 20.6 Å². The summed E-state index contributed by atoms with van der Waals surface area (Å²) in [5.41, 5.74) is 2.49. The van der Waals surface area contributed by atoms with Crippen molar-refractivity contribution >= 4 is 45.9 Å². The van der Waals surface area contributed by atoms with Gasteiger partial charge in [-0.2, -0.15) is 0 Å². The Balaban J connectivity index is 1.52. The number of hydrogen-bond donors (Lipinski definition) is 3. The fourth-order valence-electron chi connectivity index (χ4n) is 3.69. The molecule has 0 spiro atoms. The van der Waals surface area contributed by atoms with Crippen LogP contribution in [0.3, 0.4) is 0 Å². The predicted molar refractivity (Wildman–Crippen MR) is 120 cm³/mol. The van der Waals surface area contributed by atoms with Crippen LogP contribution in [0.25, 0.3) is 10.9 Å². The number of amides is 3. The van der Waals surface area contributed by atoms with E-state index in [-0.39, 0.29) is 18.4 Å². The van der Waals surface area contributed by atoms with Crippen molar-refractivity contribution in [3.63, 3.8) is 0 Å². The van der Waals surface area contributed by atoms with Crippen molar-refractivity contribution in [3.8, 4) is 0 Å². The standard InChI is InChI=1S/C22H22ClN5O4/c1-32-7-6-24-20(29)12-28-18-5-3-2-4-13(18)8-16(22(28)31)27-21(30)15-9-14-10-19(23)25-11-17(14)26-15/h2-5,9-11,16,26H,6-8,12H2,1H3,(H,24,29)(H,27,30). The number of carbonyl (C=O) groups is 3. The second-order valence-electron chi connectivity index (χ2n) is 7.40. The third-order valence-electron chi connectivity index (χ3n) is 5.22. The largest absolute Gasteiger partial charge is 0.383 e. The second kappa shape index (κ2) is 9.37. The number of nitrogens with one attached hydrogen (secondary N) is 3. The summed E-state index contributed by atoms with van der Waals surface area (Å²) < 4.78 is 4.93. The van der Waals surface area contributed by atoms with E-state index in [0.29, 0.717) is 41.6 Å². The molecule has 32 heavy (non-hydrogen) atoms. The Bertz CT molecular complexity index is 1180. The first-order valence-corrected chi connectivity index (χ1v) is 10.4. The fourth-order valence-corrected chi connectivity index (χ4v) is 3.86. The molecule has 1 aromatic carbocycles. The zero-order valence-electron chi connectivity index (χ0n) is 17.4. The summed E-state index contributed by atoms with van der Waals surface area (Å²) >= 11 is 5.91. The van der Waals surface area contributed by atoms with Gasteiger partial charge in [0.1, 0.15) is 23.4 Å². The van der Waals surface area contributed by atoms with Gasteiger partial charge in [0.2, 0.25) is 11.8 Å². The number of halogens is 1. The number of aromatic nitrogens is 2. The van der Waals surface area contributed by atoms with Crippen LogP contribution in [-0.4, -0.2) is 60.5 Å². The first-order chi connectivity index (χ1) is 15.5. The number of para-hydroxylation sites is 1. The van der Waals surface area contributed by atoms with Crippen molar-refractivity contribution < 1.29 is 19.1 Å². The van der Waals surface area contributed by atoms with E-state index in [0.717, 1.165) is 10.9 Å². The summed E-state index contributed by atoms with van der Waals surface area (Å²) in [6, 6.07) is 9.84. The molecule has 2 aromatic heterocycles. The third kappa shape index (κ3) is 4.58. The van der Waals surface area contributed by atoms with Crippen molar-refractivity contribution in [3.05, 3.63) is 59.0 Å². The molecular weight excluding hydrogens is 434 g/mol. The van der Waals surface area contributed by atoms with Crippen molar-refractivity contribution in [2.24, 2.45) is 0 Å². The number of methoxy groups -OCH3 is 1. The monoisotopic (exact) mass is 455 g/mol. The zero-order chi connectivity index (χ0) is 22.7. The first kappa shape index (κ1) is 21.8. The average Bonchev–Trinajstić information content (AvgIpc) is 3.20. The van der Waals surface area contributed by atoms with E-state index >= 15 is 0 Å². The van der Waals surface area contributed by atoms with Gasteiger partial charge in [0.15, 0.2) is 0 Å². The van der Waals surface area contributed by atoms with Gasteiger partial charge in [0.05, 0.1) is 18.3 Å². The second-order valence-corrected chi connectivity index (χ2v) is 7.79. The van der Waals surface area contributed by atoms with Gasteiger partial charge in [-0.05, 0) is 23.8 Å². The lowest BCUT2D eigenvalue weighted by atomic mass is 9.97. The van der Waals surface area contributed by atoms with Crippen LogP contribution in [0.5, 0.6) is 0 Å². The van der Waals surface area contributed by atoms with Crippen LogP contribution in [-0.2, 0) is 20.7 Å². The Morgan fingerprint density at radius 1 is 1.31 bits per heavy atom. The molecule has 166 valence electrons. The lowest BCUT2D eigenvalue weighted by Gasteiger charge is -2.34. The molecule has 10 heteroatoms. The highest BCUT2D eigenvalue weighted by Gasteiger charge is 2.35. The average molecular weight is 456 g/mol. The molecule has 0 saturated heterocycles. The van der Waals surface area contributed by atoms with Crippen LogP contribution in [0.4, 0.5) is 5.69 Å². The van der Waals surface area contributed by atoms with Crippen LogP contribution >= 0.6 is 11.6 Å². The number of ether oxygens (including phenoxy) is 1. The van der Waals surface area contributed by atoms with E-state index < -0.39 is 11.9 Å². The Labute approximate surface area is 189 Å². The van der Waals surface area contributed by atoms with Gasteiger partial charge in [0, 0.05) is 31.1 Å². The molecule has 0 fully saturated rings. The number of pyridine rings is 1. The van der Waals surface area contributed by atoms with Gasteiger partial charge in [-0.1, -0.05) is 29.8 Å². The predicted octanol–water partition coefficient (Wildman–Crippen LogP) is 1.67. The van der Waals surface area contributed by atoms with Gasteiger partial charge in [-0.3, -0.25) is 14.4 Å². The lowest BCUT2D eigenvalue weighted by molar-refractivity contribution is -0.125. The van der Waals surface area contributed by atoms with Crippen LogP contribution in [0.15, 0.2) is 42.6 Å². The smallest absolute Gasteiger partial charge is 0.268 e. The summed E-state index contributed by atoms with van der Waals surface area (Å²) in [5, 5.41) is 6.57. The number of nitrogens with zero attached hydrogens (tertiary/aromatic N) is 2. The number of carbonyl (C=O) groups excluding carboxylic acids is 3. The SMILES string of the molecule is COCCNC(=O)CN1C(=O)C(NC(=O)c2cc3cc(Cl)ncc3[nH]2)Cc2ccccc21. The van der Waals surface area contributed by atoms with Crippen molar-refractivity contribution in [2.75, 3.05) is 31.7 Å². The molecule has 0 radical (unpaired) electrons. The molecule has 3 heterocycles. The molecule has 1 aliphatic heterocycles. The zero-order valence-corrected chi connectivity index (χ0v) is 18.1. The maximum atomic E-state index is 13.2. The third-order valence-corrected chi connectivity index (χ3v) is 5.43. The van der Waals surface area contributed by atoms with Crippen LogP contribution in [0, 0.1) is 0 Å². The Kier molecular flexibility index (Phi) is 6.38. The summed E-state index contributed by atoms with van der Waals surface area (Å²) in [4.78, 5) is 46.8. The molecule has 0 bridgehead atoms. The highest BCUT2D eigenvalue weighted by atomic mass is 35.5. The van der Waals surface area contributed by atoms with E-state index in [1.54, 1.807) is 31.5 Å². The number of benzene rings is 1. The quantitative estimate of drug-likeness (QED) is 0.370. The Morgan fingerprint density at radius 3 is 2.94 bits per heavy atom. The highest BCUT2D eigenvalue weighted by molar-refractivity contribution is 6.30. The van der Waals surface area contributed by atoms with Crippen LogP contribution in [0.2, 0.25) is 5.15 Å². The Hall–Kier alpha value is -3.43. The molecule has 0 saturated carbocycles. The first-order valence-electron chi connectivity index (χ1n) is 10.1. The maximum Gasteiger partial charge on any atom is 0.268 e. The summed E-state index contributed by atoms with van der Waals surface area (Å²) in [5.74, 6) is -1.09. The summed E-state index contributed by atoms with van der Waals surface area (Å²) in [6.07, 6.45) is 1.87. The van der Waals surface area contributed by atoms with Crippen molar-refractivity contribution in [1.29, 1.82) is 0 Å². The summed E-state index contributed by atoms with van der Waals surface area (Å²) in [7, 11) is 1.54. The minimum Gasteiger partial charge on any atom is -0.383 e. The molecule has 4 rings (SSSR count). The van der Waals surface area contributed by atoms with E-state index in [2.05, 4.69) is 20.6 Å². The molecule has 9 nitrogen and oxygen atoms in total. The van der Waals surface area contributed by atoms with E-state index in [4.69, 9.17) is 16.3 Å². The maximum absolute atomic E-state index is 13.2. The topological polar surface area (TPSA) is 116 Å². The number of hydrogen-bond acceptors (Lipinski definition) is 5. The molecule has 1 unspecified atom stereocenters. The molecule has 3 N–H and O–H groups in total. The van der Waals surface area contributed by atoms with Gasteiger partial charge < -0.3 is 25.3 Å². The van der Waals surface area contributed by atoms with E-state index in [9.17, 15) is 14.4 Å². The van der Waals surface area contributed by atoms with E-state index in [1.807, 2.05) is 18.2 Å². The normalized spacial score (nSPS) is 15.5. The molecule has 3 amide bonds. The van der Waals surface area contributed by atoms with E-state index in [1.165, 1.54) is 4.90 Å². The minimum atomic E-state index is -0.808. The number of anilines is 1. The summed E-state index contributed by atoms with van der Waals surface area (Å²) in [6.45, 7) is 0.571. The number of aromatic amines is 1. The molecule has 1 aliphatic rings. The Morgan fingerprint density at radius 2 is 2.12 bits per heavy atom. The van der Waals surface area contributed by atoms with Gasteiger partial charge in [0.25, 0.3) is 5.91 Å². The van der Waals surface area contributed by atoms with Crippen LogP contribution in [0.1, 0.15) is 16.1 Å². The number of H-pyrrole nitrogens is 1. The fraction of sp³-hybridized carbons (Fsp3) is 0.273. The number of rotatable bonds is 7. The van der Waals surface area contributed by atoms with Crippen LogP contribution < -0.4 is 15.5 Å². The minimum absolute atomic E-state index is 0.150. The molecule has 1 atom stereocenters. The van der Waals surface area contributed by atoms with Gasteiger partial charge in [-0.15, -0.1) is 0 Å². The van der Waals surface area contributed by atoms with Crippen molar-refractivity contribution in [2.45, 2.75) is 12.5 Å². The lowest BCUT2D eigenvalue weighted by Crippen LogP contribution is -2.55. The molecule has 3 aromatic rings. The highest BCUT2D eigenvalue weighted by Crippen LogP contribution is 2.28. The number of fused-ring (bicyclic) bond motifs is 2. The molecular formula is C22H22ClN5O4. The van der Waals surface area contributed by atoms with Gasteiger partial charge >= 0.3 is 0 Å². The molecule has 0 aliphatic carbocycles. The van der Waals surface area contributed by atoms with Gasteiger partial charge in [-0.25, -0.2) is 4.98 Å².